The second kappa shape index (κ2) is 3.94. The molecule has 4 nitrogen and oxygen atoms in total. The highest BCUT2D eigenvalue weighted by Gasteiger charge is 2.57. The molecule has 0 radical (unpaired) electrons. The van der Waals surface area contributed by atoms with Gasteiger partial charge in [0.25, 0.3) is 0 Å². The zero-order chi connectivity index (χ0) is 13.0. The van der Waals surface area contributed by atoms with Gasteiger partial charge in [-0.1, -0.05) is 0 Å². The molecule has 0 aliphatic heterocycles. The number of rotatable bonds is 3. The summed E-state index contributed by atoms with van der Waals surface area (Å²) >= 11 is 0. The van der Waals surface area contributed by atoms with Gasteiger partial charge in [0.15, 0.2) is 0 Å². The molecule has 4 bridgehead atoms. The molecule has 4 saturated carbocycles. The number of hydroxylamine groups is 2. The summed E-state index contributed by atoms with van der Waals surface area (Å²) in [5, 5.41) is 11.9. The quantitative estimate of drug-likeness (QED) is 0.779. The van der Waals surface area contributed by atoms with E-state index in [1.54, 1.807) is 7.05 Å². The highest BCUT2D eigenvalue weighted by atomic mass is 16.7. The minimum absolute atomic E-state index is 0.0444. The summed E-state index contributed by atoms with van der Waals surface area (Å²) in [6, 6.07) is 0. The first kappa shape index (κ1) is 12.4. The van der Waals surface area contributed by atoms with Gasteiger partial charge in [-0.2, -0.15) is 0 Å². The number of carbonyl (C=O) groups excluding carboxylic acids is 1. The molecule has 0 heterocycles. The van der Waals surface area contributed by atoms with Crippen LogP contribution in [0, 0.1) is 17.3 Å². The maximum Gasteiger partial charge on any atom is 0.246 e. The largest absolute Gasteiger partial charge is 0.390 e. The first-order valence-corrected chi connectivity index (χ1v) is 6.97. The van der Waals surface area contributed by atoms with Crippen molar-refractivity contribution in [2.75, 3.05) is 14.2 Å². The van der Waals surface area contributed by atoms with Crippen molar-refractivity contribution in [3.05, 3.63) is 0 Å². The van der Waals surface area contributed by atoms with Crippen LogP contribution in [0.15, 0.2) is 0 Å². The molecule has 4 fully saturated rings. The van der Waals surface area contributed by atoms with Crippen LogP contribution in [0.4, 0.5) is 0 Å². The van der Waals surface area contributed by atoms with E-state index in [0.717, 1.165) is 32.1 Å². The van der Waals surface area contributed by atoms with Crippen molar-refractivity contribution < 1.29 is 14.7 Å². The second-order valence-electron chi connectivity index (χ2n) is 6.94. The Hall–Kier alpha value is -0.610. The van der Waals surface area contributed by atoms with Crippen LogP contribution in [0.25, 0.3) is 0 Å². The van der Waals surface area contributed by atoms with Gasteiger partial charge in [0.05, 0.1) is 12.7 Å². The zero-order valence-electron chi connectivity index (χ0n) is 11.3. The highest BCUT2D eigenvalue weighted by molar-refractivity contribution is 5.75. The number of nitrogens with zero attached hydrogens (tertiary/aromatic N) is 1. The van der Waals surface area contributed by atoms with E-state index in [0.29, 0.717) is 18.3 Å². The van der Waals surface area contributed by atoms with Crippen molar-refractivity contribution in [1.82, 2.24) is 5.06 Å². The predicted molar refractivity (Wildman–Crippen MR) is 66.5 cm³/mol. The van der Waals surface area contributed by atoms with Crippen molar-refractivity contribution in [2.45, 2.75) is 50.5 Å². The molecule has 4 heteroatoms. The summed E-state index contributed by atoms with van der Waals surface area (Å²) in [4.78, 5) is 17.1. The molecule has 0 aromatic rings. The lowest BCUT2D eigenvalue weighted by Gasteiger charge is -2.60. The lowest BCUT2D eigenvalue weighted by atomic mass is 9.47. The first-order chi connectivity index (χ1) is 8.44. The molecule has 2 atom stereocenters. The first-order valence-electron chi connectivity index (χ1n) is 6.97. The molecule has 4 rings (SSSR count). The molecular weight excluding hydrogens is 230 g/mol. The van der Waals surface area contributed by atoms with E-state index in [-0.39, 0.29) is 11.3 Å². The van der Waals surface area contributed by atoms with E-state index >= 15 is 0 Å². The fourth-order valence-electron chi connectivity index (χ4n) is 5.14. The number of carbonyl (C=O) groups is 1. The Kier molecular flexibility index (Phi) is 2.72. The summed E-state index contributed by atoms with van der Waals surface area (Å²) in [5.74, 6) is 1.32. The van der Waals surface area contributed by atoms with E-state index in [1.807, 2.05) is 0 Å². The Balaban J connectivity index is 1.77. The molecule has 0 aromatic heterocycles. The van der Waals surface area contributed by atoms with Crippen LogP contribution in [-0.2, 0) is 9.63 Å². The average molecular weight is 253 g/mol. The molecule has 0 aromatic carbocycles. The van der Waals surface area contributed by atoms with Gasteiger partial charge in [-0.15, -0.1) is 0 Å². The molecular formula is C14H23NO3. The Bertz CT molecular complexity index is 354. The third kappa shape index (κ3) is 1.95. The molecule has 0 saturated heterocycles. The average Bonchev–Trinajstić information content (AvgIpc) is 2.23. The number of hydrogen-bond donors (Lipinski definition) is 1. The third-order valence-corrected chi connectivity index (χ3v) is 5.30. The topological polar surface area (TPSA) is 49.8 Å². The van der Waals surface area contributed by atoms with E-state index < -0.39 is 5.60 Å². The minimum atomic E-state index is -0.476. The van der Waals surface area contributed by atoms with Gasteiger partial charge in [0.2, 0.25) is 5.91 Å². The number of aliphatic hydroxyl groups is 1. The van der Waals surface area contributed by atoms with Crippen LogP contribution >= 0.6 is 0 Å². The Morgan fingerprint density at radius 1 is 1.33 bits per heavy atom. The van der Waals surface area contributed by atoms with E-state index in [1.165, 1.54) is 18.6 Å². The van der Waals surface area contributed by atoms with Gasteiger partial charge >= 0.3 is 0 Å². The normalized spacial score (nSPS) is 45.3. The molecule has 1 N–H and O–H groups in total. The van der Waals surface area contributed by atoms with Crippen LogP contribution in [0.5, 0.6) is 0 Å². The number of hydrogen-bond acceptors (Lipinski definition) is 3. The maximum atomic E-state index is 12.1. The van der Waals surface area contributed by atoms with E-state index in [2.05, 4.69) is 0 Å². The van der Waals surface area contributed by atoms with Crippen molar-refractivity contribution in [2.24, 2.45) is 17.3 Å². The van der Waals surface area contributed by atoms with Gasteiger partial charge in [-0.25, -0.2) is 5.06 Å². The van der Waals surface area contributed by atoms with Crippen molar-refractivity contribution in [3.63, 3.8) is 0 Å². The fourth-order valence-corrected chi connectivity index (χ4v) is 5.14. The Morgan fingerprint density at radius 3 is 2.44 bits per heavy atom. The molecule has 0 spiro atoms. The summed E-state index contributed by atoms with van der Waals surface area (Å²) in [6.45, 7) is 0. The molecule has 4 aliphatic rings. The lowest BCUT2D eigenvalue weighted by molar-refractivity contribution is -0.188. The zero-order valence-corrected chi connectivity index (χ0v) is 11.3. The van der Waals surface area contributed by atoms with Crippen LogP contribution < -0.4 is 0 Å². The van der Waals surface area contributed by atoms with Gasteiger partial charge in [-0.05, 0) is 55.8 Å². The van der Waals surface area contributed by atoms with Gasteiger partial charge < -0.3 is 5.11 Å². The van der Waals surface area contributed by atoms with Crippen molar-refractivity contribution in [1.29, 1.82) is 0 Å². The SMILES string of the molecule is CON(C)C(=O)CC12CC3CC(CC(O)(C3)C1)C2. The second-order valence-corrected chi connectivity index (χ2v) is 6.94. The molecule has 2 unspecified atom stereocenters. The molecule has 4 aliphatic carbocycles. The van der Waals surface area contributed by atoms with E-state index in [9.17, 15) is 9.90 Å². The Morgan fingerprint density at radius 2 is 1.94 bits per heavy atom. The van der Waals surface area contributed by atoms with Crippen molar-refractivity contribution >= 4 is 5.91 Å². The monoisotopic (exact) mass is 253 g/mol. The standard InChI is InChI=1S/C14H23NO3/c1-15(18-2)12(16)8-13-4-10-3-11(5-13)7-14(17,6-10)9-13/h10-11,17H,3-9H2,1-2H3. The molecule has 1 amide bonds. The van der Waals surface area contributed by atoms with Crippen LogP contribution in [-0.4, -0.2) is 35.8 Å². The summed E-state index contributed by atoms with van der Waals surface area (Å²) < 4.78 is 0. The van der Waals surface area contributed by atoms with Gasteiger partial charge in [-0.3, -0.25) is 9.63 Å². The van der Waals surface area contributed by atoms with Crippen LogP contribution in [0.2, 0.25) is 0 Å². The Labute approximate surface area is 108 Å². The minimum Gasteiger partial charge on any atom is -0.390 e. The predicted octanol–water partition coefficient (Wildman–Crippen LogP) is 1.73. The summed E-state index contributed by atoms with van der Waals surface area (Å²) in [5.41, 5.74) is -0.432. The third-order valence-electron chi connectivity index (χ3n) is 5.30. The maximum absolute atomic E-state index is 12.1. The van der Waals surface area contributed by atoms with E-state index in [4.69, 9.17) is 4.84 Å². The van der Waals surface area contributed by atoms with Crippen molar-refractivity contribution in [3.8, 4) is 0 Å². The molecule has 102 valence electrons. The van der Waals surface area contributed by atoms with Crippen LogP contribution in [0.1, 0.15) is 44.9 Å². The summed E-state index contributed by atoms with van der Waals surface area (Å²) in [6.07, 6.45) is 6.77. The van der Waals surface area contributed by atoms with Crippen LogP contribution in [0.3, 0.4) is 0 Å². The smallest absolute Gasteiger partial charge is 0.246 e. The lowest BCUT2D eigenvalue weighted by Crippen LogP contribution is -2.56. The highest BCUT2D eigenvalue weighted by Crippen LogP contribution is 2.62. The number of amides is 1. The summed E-state index contributed by atoms with van der Waals surface area (Å²) in [7, 11) is 3.18. The van der Waals surface area contributed by atoms with Gasteiger partial charge in [0, 0.05) is 13.5 Å². The fraction of sp³-hybridized carbons (Fsp3) is 0.929. The van der Waals surface area contributed by atoms with Gasteiger partial charge in [0.1, 0.15) is 0 Å². The molecule has 18 heavy (non-hydrogen) atoms.